The van der Waals surface area contributed by atoms with Gasteiger partial charge in [0.25, 0.3) is 0 Å². The highest BCUT2D eigenvalue weighted by Gasteiger charge is 2.50. The number of nitrogen functional groups attached to an aromatic ring is 1. The molecule has 0 aromatic carbocycles. The molecule has 2 heterocycles. The van der Waals surface area contributed by atoms with Crippen LogP contribution in [0.25, 0.3) is 5.52 Å². The van der Waals surface area contributed by atoms with Gasteiger partial charge in [0.15, 0.2) is 23.6 Å². The minimum absolute atomic E-state index is 0.00817. The summed E-state index contributed by atoms with van der Waals surface area (Å²) in [5.41, 5.74) is 4.68. The number of fused-ring (bicyclic) bond motifs is 1. The normalized spacial score (nSPS) is 15.4. The molecule has 0 radical (unpaired) electrons. The molecule has 13 nitrogen and oxygen atoms in total. The fourth-order valence-corrected chi connectivity index (χ4v) is 3.61. The van der Waals surface area contributed by atoms with Gasteiger partial charge in [-0.15, -0.1) is 0 Å². The van der Waals surface area contributed by atoms with Crippen LogP contribution in [0.15, 0.2) is 18.5 Å². The van der Waals surface area contributed by atoms with Crippen molar-refractivity contribution in [3.05, 3.63) is 24.2 Å². The maximum Gasteiger partial charge on any atom is 0.323 e. The number of hydrogen-bond acceptors (Lipinski definition) is 12. The van der Waals surface area contributed by atoms with E-state index in [0.717, 1.165) is 0 Å². The third kappa shape index (κ3) is 8.07. The Labute approximate surface area is 226 Å². The largest absolute Gasteiger partial charge is 0.462 e. The Balaban J connectivity index is 2.44. The zero-order valence-electron chi connectivity index (χ0n) is 23.1. The van der Waals surface area contributed by atoms with Gasteiger partial charge in [-0.25, -0.2) is 13.9 Å². The van der Waals surface area contributed by atoms with Crippen LogP contribution < -0.4 is 11.1 Å². The van der Waals surface area contributed by atoms with Crippen LogP contribution in [0.3, 0.4) is 0 Å². The third-order valence-corrected chi connectivity index (χ3v) is 5.87. The van der Waals surface area contributed by atoms with Crippen LogP contribution in [-0.2, 0) is 38.1 Å². The molecule has 0 saturated carbocycles. The van der Waals surface area contributed by atoms with Gasteiger partial charge in [-0.2, -0.15) is 5.10 Å². The van der Waals surface area contributed by atoms with Crippen molar-refractivity contribution >= 4 is 29.2 Å². The number of hydrogen-bond donors (Lipinski definition) is 2. The number of methoxy groups -OCH3 is 1. The van der Waals surface area contributed by atoms with Crippen LogP contribution in [0, 0.1) is 0 Å². The molecule has 0 amide bonds. The van der Waals surface area contributed by atoms with Gasteiger partial charge >= 0.3 is 17.9 Å². The SMILES string of the molecule is CCC(=O)O[C@@H](c1ccc2c(N)ncnn12)[C@H](OC(=O)CC)[C@@](CF)(COCN[C@@H](C)C(=O)OC(C)C)OC. The molecule has 0 fully saturated rings. The molecular formula is C25H38FN5O8. The number of halogens is 1. The Hall–Kier alpha value is -3.36. The molecule has 14 heteroatoms. The van der Waals surface area contributed by atoms with E-state index in [-0.39, 0.29) is 37.2 Å². The summed E-state index contributed by atoms with van der Waals surface area (Å²) < 4.78 is 44.0. The lowest BCUT2D eigenvalue weighted by atomic mass is 9.92. The van der Waals surface area contributed by atoms with Gasteiger partial charge in [0.05, 0.1) is 25.1 Å². The van der Waals surface area contributed by atoms with Crippen LogP contribution in [0.4, 0.5) is 10.2 Å². The number of carbonyl (C=O) groups excluding carboxylic acids is 3. The zero-order valence-corrected chi connectivity index (χ0v) is 23.1. The summed E-state index contributed by atoms with van der Waals surface area (Å²) in [6.07, 6.45) is -2.01. The van der Waals surface area contributed by atoms with Crippen molar-refractivity contribution in [3.8, 4) is 0 Å². The second-order valence-electron chi connectivity index (χ2n) is 9.04. The van der Waals surface area contributed by atoms with Gasteiger partial charge < -0.3 is 29.4 Å². The maximum absolute atomic E-state index is 14.9. The minimum atomic E-state index is -1.92. The summed E-state index contributed by atoms with van der Waals surface area (Å²) in [6, 6.07) is 2.45. The Morgan fingerprint density at radius 1 is 1.10 bits per heavy atom. The van der Waals surface area contributed by atoms with Crippen molar-refractivity contribution in [3.63, 3.8) is 0 Å². The van der Waals surface area contributed by atoms with Crippen molar-refractivity contribution in [2.24, 2.45) is 0 Å². The summed E-state index contributed by atoms with van der Waals surface area (Å²) in [5, 5.41) is 7.00. The van der Waals surface area contributed by atoms with E-state index >= 15 is 0 Å². The van der Waals surface area contributed by atoms with Gasteiger partial charge in [0.2, 0.25) is 0 Å². The fourth-order valence-electron chi connectivity index (χ4n) is 3.61. The van der Waals surface area contributed by atoms with E-state index in [1.807, 2.05) is 0 Å². The Morgan fingerprint density at radius 3 is 2.36 bits per heavy atom. The van der Waals surface area contributed by atoms with Gasteiger partial charge in [-0.3, -0.25) is 19.7 Å². The number of alkyl halides is 1. The van der Waals surface area contributed by atoms with E-state index < -0.39 is 55.0 Å². The van der Waals surface area contributed by atoms with Crippen molar-refractivity contribution in [2.45, 2.75) is 77.4 Å². The highest BCUT2D eigenvalue weighted by molar-refractivity contribution is 5.75. The van der Waals surface area contributed by atoms with E-state index in [9.17, 15) is 18.8 Å². The first-order valence-corrected chi connectivity index (χ1v) is 12.6. The summed E-state index contributed by atoms with van der Waals surface area (Å²) in [7, 11) is 1.22. The smallest absolute Gasteiger partial charge is 0.323 e. The summed E-state index contributed by atoms with van der Waals surface area (Å²) in [4.78, 5) is 41.0. The zero-order chi connectivity index (χ0) is 29.2. The van der Waals surface area contributed by atoms with E-state index in [1.165, 1.54) is 18.0 Å². The lowest BCUT2D eigenvalue weighted by molar-refractivity contribution is -0.214. The molecule has 218 valence electrons. The van der Waals surface area contributed by atoms with Crippen molar-refractivity contribution < 1.29 is 42.5 Å². The first kappa shape index (κ1) is 31.9. The topological polar surface area (TPSA) is 166 Å². The standard InChI is InChI=1S/C25H38FN5O8/c1-7-19(32)38-21(17-9-10-18-23(27)28-13-30-31(17)18)22(39-20(33)8-2)25(11-26,35-6)12-36-14-29-16(5)24(34)37-15(3)4/h9-10,13,15-16,21-22,29H,7-8,11-12,14H2,1-6H3,(H2,27,28,30)/t16-,21-,22-,25+/m0/s1. The first-order valence-electron chi connectivity index (χ1n) is 12.6. The summed E-state index contributed by atoms with van der Waals surface area (Å²) >= 11 is 0. The van der Waals surface area contributed by atoms with Crippen LogP contribution in [0.2, 0.25) is 0 Å². The summed E-state index contributed by atoms with van der Waals surface area (Å²) in [6.45, 7) is 6.37. The van der Waals surface area contributed by atoms with E-state index in [4.69, 9.17) is 29.4 Å². The molecule has 0 aliphatic rings. The second-order valence-corrected chi connectivity index (χ2v) is 9.04. The Morgan fingerprint density at radius 2 is 1.77 bits per heavy atom. The molecule has 2 rings (SSSR count). The highest BCUT2D eigenvalue weighted by Crippen LogP contribution is 2.35. The molecule has 0 aliphatic carbocycles. The monoisotopic (exact) mass is 555 g/mol. The van der Waals surface area contributed by atoms with E-state index in [1.54, 1.807) is 46.8 Å². The molecule has 0 aliphatic heterocycles. The average molecular weight is 556 g/mol. The van der Waals surface area contributed by atoms with Gasteiger partial charge in [-0.05, 0) is 32.9 Å². The number of carbonyl (C=O) groups is 3. The number of nitrogens with two attached hydrogens (primary N) is 1. The fraction of sp³-hybridized carbons (Fsp3) is 0.640. The Kier molecular flexibility index (Phi) is 12.0. The third-order valence-electron chi connectivity index (χ3n) is 5.87. The van der Waals surface area contributed by atoms with Gasteiger partial charge in [0, 0.05) is 20.0 Å². The number of aromatic nitrogens is 3. The molecule has 0 bridgehead atoms. The highest BCUT2D eigenvalue weighted by atomic mass is 19.1. The molecule has 2 aromatic rings. The summed E-state index contributed by atoms with van der Waals surface area (Å²) in [5.74, 6) is -1.66. The lowest BCUT2D eigenvalue weighted by Gasteiger charge is -2.39. The number of nitrogens with one attached hydrogen (secondary N) is 1. The molecule has 0 unspecified atom stereocenters. The number of esters is 3. The van der Waals surface area contributed by atoms with Crippen LogP contribution >= 0.6 is 0 Å². The number of nitrogens with zero attached hydrogens (tertiary/aromatic N) is 3. The molecule has 4 atom stereocenters. The number of rotatable bonds is 16. The van der Waals surface area contributed by atoms with Gasteiger partial charge in [0.1, 0.15) is 24.6 Å². The van der Waals surface area contributed by atoms with Crippen LogP contribution in [0.5, 0.6) is 0 Å². The van der Waals surface area contributed by atoms with Gasteiger partial charge in [-0.1, -0.05) is 13.8 Å². The lowest BCUT2D eigenvalue weighted by Crippen LogP contribution is -2.56. The average Bonchev–Trinajstić information content (AvgIpc) is 3.35. The quantitative estimate of drug-likeness (QED) is 0.134. The van der Waals surface area contributed by atoms with E-state index in [0.29, 0.717) is 5.52 Å². The molecule has 3 N–H and O–H groups in total. The number of anilines is 1. The molecule has 0 spiro atoms. The van der Waals surface area contributed by atoms with Crippen molar-refractivity contribution in [2.75, 3.05) is 32.9 Å². The second kappa shape index (κ2) is 14.7. The maximum atomic E-state index is 14.9. The first-order chi connectivity index (χ1) is 18.5. The number of ether oxygens (including phenoxy) is 5. The van der Waals surface area contributed by atoms with E-state index in [2.05, 4.69) is 15.4 Å². The predicted octanol–water partition coefficient (Wildman–Crippen LogP) is 1.89. The van der Waals surface area contributed by atoms with Crippen molar-refractivity contribution in [1.82, 2.24) is 19.9 Å². The van der Waals surface area contributed by atoms with Crippen LogP contribution in [0.1, 0.15) is 59.3 Å². The molecule has 2 aromatic heterocycles. The molecular weight excluding hydrogens is 517 g/mol. The molecule has 0 saturated heterocycles. The Bertz CT molecular complexity index is 1110. The van der Waals surface area contributed by atoms with Crippen molar-refractivity contribution in [1.29, 1.82) is 0 Å². The predicted molar refractivity (Wildman–Crippen MR) is 137 cm³/mol. The van der Waals surface area contributed by atoms with Crippen LogP contribution in [-0.4, -0.2) is 83.5 Å². The minimum Gasteiger partial charge on any atom is -0.462 e. The molecule has 39 heavy (non-hydrogen) atoms.